The van der Waals surface area contributed by atoms with Crippen LogP contribution in [0.4, 0.5) is 5.82 Å². The van der Waals surface area contributed by atoms with E-state index in [0.29, 0.717) is 0 Å². The third kappa shape index (κ3) is 2.09. The lowest BCUT2D eigenvalue weighted by Gasteiger charge is -2.11. The Hall–Kier alpha value is -2.49. The fraction of sp³-hybridized carbons (Fsp3) is 0.188. The van der Waals surface area contributed by atoms with Crippen LogP contribution in [0, 0.1) is 6.92 Å². The van der Waals surface area contributed by atoms with E-state index in [4.69, 9.17) is 0 Å². The summed E-state index contributed by atoms with van der Waals surface area (Å²) in [5.74, 6) is 0.887. The molecule has 0 spiro atoms. The smallest absolute Gasteiger partial charge is 0.132 e. The third-order valence-corrected chi connectivity index (χ3v) is 3.33. The van der Waals surface area contributed by atoms with Crippen molar-refractivity contribution in [1.29, 1.82) is 0 Å². The average Bonchev–Trinajstić information content (AvgIpc) is 2.49. The van der Waals surface area contributed by atoms with E-state index < -0.39 is 0 Å². The average molecular weight is 264 g/mol. The zero-order chi connectivity index (χ0) is 13.9. The molecule has 4 heteroatoms. The number of hydrogen-bond acceptors (Lipinski definition) is 4. The summed E-state index contributed by atoms with van der Waals surface area (Å²) < 4.78 is 0. The molecule has 3 aromatic rings. The number of rotatable bonds is 3. The van der Waals surface area contributed by atoms with Gasteiger partial charge in [0.2, 0.25) is 0 Å². The number of benzene rings is 1. The highest BCUT2D eigenvalue weighted by atomic mass is 15.0. The largest absolute Gasteiger partial charge is 0.370 e. The summed E-state index contributed by atoms with van der Waals surface area (Å²) in [6.45, 7) is 4.94. The molecule has 0 unspecified atom stereocenters. The molecule has 1 N–H and O–H groups in total. The van der Waals surface area contributed by atoms with Gasteiger partial charge < -0.3 is 5.32 Å². The van der Waals surface area contributed by atoms with E-state index in [-0.39, 0.29) is 0 Å². The van der Waals surface area contributed by atoms with E-state index >= 15 is 0 Å². The zero-order valence-electron chi connectivity index (χ0n) is 11.6. The zero-order valence-corrected chi connectivity index (χ0v) is 11.6. The standard InChI is InChI=1S/C16H16N4/c1-3-17-16-11(2)15(19-10-20-16)13-6-4-8-14-12(13)7-5-9-18-14/h4-10H,3H2,1-2H3,(H,17,19,20). The van der Waals surface area contributed by atoms with Gasteiger partial charge in [-0.15, -0.1) is 0 Å². The van der Waals surface area contributed by atoms with Gasteiger partial charge in [0.1, 0.15) is 12.1 Å². The predicted octanol–water partition coefficient (Wildman–Crippen LogP) is 3.43. The first kappa shape index (κ1) is 12.5. The van der Waals surface area contributed by atoms with E-state index in [9.17, 15) is 0 Å². The van der Waals surface area contributed by atoms with Gasteiger partial charge in [-0.25, -0.2) is 9.97 Å². The van der Waals surface area contributed by atoms with Gasteiger partial charge >= 0.3 is 0 Å². The lowest BCUT2D eigenvalue weighted by molar-refractivity contribution is 1.09. The number of hydrogen-bond donors (Lipinski definition) is 1. The Morgan fingerprint density at radius 2 is 1.95 bits per heavy atom. The lowest BCUT2D eigenvalue weighted by atomic mass is 10.0. The molecule has 2 aromatic heterocycles. The summed E-state index contributed by atoms with van der Waals surface area (Å²) in [6, 6.07) is 10.1. The van der Waals surface area contributed by atoms with E-state index in [1.165, 1.54) is 0 Å². The Balaban J connectivity index is 2.23. The predicted molar refractivity (Wildman–Crippen MR) is 81.7 cm³/mol. The summed E-state index contributed by atoms with van der Waals surface area (Å²) in [4.78, 5) is 13.2. The van der Waals surface area contributed by atoms with Crippen LogP contribution in [0.5, 0.6) is 0 Å². The maximum absolute atomic E-state index is 4.46. The van der Waals surface area contributed by atoms with Crippen LogP contribution in [0.2, 0.25) is 0 Å². The Labute approximate surface area is 117 Å². The van der Waals surface area contributed by atoms with Gasteiger partial charge in [0.25, 0.3) is 0 Å². The molecule has 0 aliphatic rings. The molecule has 0 atom stereocenters. The number of anilines is 1. The van der Waals surface area contributed by atoms with Gasteiger partial charge in [0.05, 0.1) is 11.2 Å². The number of aromatic nitrogens is 3. The highest BCUT2D eigenvalue weighted by molar-refractivity contribution is 5.94. The van der Waals surface area contributed by atoms with Crippen molar-refractivity contribution >= 4 is 16.7 Å². The highest BCUT2D eigenvalue weighted by Gasteiger charge is 2.11. The summed E-state index contributed by atoms with van der Waals surface area (Å²) in [7, 11) is 0. The molecule has 0 amide bonds. The van der Waals surface area contributed by atoms with Crippen LogP contribution in [0.1, 0.15) is 12.5 Å². The Morgan fingerprint density at radius 1 is 1.05 bits per heavy atom. The van der Waals surface area contributed by atoms with E-state index in [1.807, 2.05) is 31.3 Å². The summed E-state index contributed by atoms with van der Waals surface area (Å²) in [5, 5.41) is 4.38. The maximum atomic E-state index is 4.46. The second kappa shape index (κ2) is 5.25. The number of pyridine rings is 1. The summed E-state index contributed by atoms with van der Waals surface area (Å²) in [6.07, 6.45) is 3.42. The quantitative estimate of drug-likeness (QED) is 0.787. The molecule has 0 radical (unpaired) electrons. The van der Waals surface area contributed by atoms with Crippen LogP contribution in [-0.2, 0) is 0 Å². The third-order valence-electron chi connectivity index (χ3n) is 3.33. The van der Waals surface area contributed by atoms with Crippen molar-refractivity contribution in [3.63, 3.8) is 0 Å². The van der Waals surface area contributed by atoms with Crippen LogP contribution in [0.3, 0.4) is 0 Å². The normalized spacial score (nSPS) is 10.7. The molecule has 100 valence electrons. The number of fused-ring (bicyclic) bond motifs is 1. The van der Waals surface area contributed by atoms with Crippen LogP contribution >= 0.6 is 0 Å². The van der Waals surface area contributed by atoms with Gasteiger partial charge in [-0.05, 0) is 26.0 Å². The van der Waals surface area contributed by atoms with Crippen molar-refractivity contribution in [2.24, 2.45) is 0 Å². The van der Waals surface area contributed by atoms with Gasteiger partial charge in [-0.1, -0.05) is 18.2 Å². The maximum Gasteiger partial charge on any atom is 0.132 e. The molecule has 0 fully saturated rings. The van der Waals surface area contributed by atoms with E-state index in [1.54, 1.807) is 6.33 Å². The molecule has 0 saturated carbocycles. The second-order valence-electron chi connectivity index (χ2n) is 4.60. The van der Waals surface area contributed by atoms with E-state index in [0.717, 1.165) is 40.1 Å². The van der Waals surface area contributed by atoms with E-state index in [2.05, 4.69) is 39.3 Å². The topological polar surface area (TPSA) is 50.7 Å². The van der Waals surface area contributed by atoms with Crippen molar-refractivity contribution in [1.82, 2.24) is 15.0 Å². The molecule has 20 heavy (non-hydrogen) atoms. The van der Waals surface area contributed by atoms with Gasteiger partial charge in [-0.3, -0.25) is 4.98 Å². The molecule has 4 nitrogen and oxygen atoms in total. The van der Waals surface area contributed by atoms with Crippen molar-refractivity contribution < 1.29 is 0 Å². The highest BCUT2D eigenvalue weighted by Crippen LogP contribution is 2.30. The number of nitrogens with zero attached hydrogens (tertiary/aromatic N) is 3. The van der Waals surface area contributed by atoms with Crippen molar-refractivity contribution in [2.45, 2.75) is 13.8 Å². The van der Waals surface area contributed by atoms with Gasteiger partial charge in [0.15, 0.2) is 0 Å². The fourth-order valence-corrected chi connectivity index (χ4v) is 2.38. The van der Waals surface area contributed by atoms with Crippen LogP contribution in [0.25, 0.3) is 22.2 Å². The van der Waals surface area contributed by atoms with Crippen LogP contribution < -0.4 is 5.32 Å². The first-order valence-electron chi connectivity index (χ1n) is 6.71. The number of nitrogens with one attached hydrogen (secondary N) is 1. The molecule has 3 rings (SSSR count). The fourth-order valence-electron chi connectivity index (χ4n) is 2.38. The molecule has 0 saturated heterocycles. The minimum absolute atomic E-state index is 0.842. The first-order chi connectivity index (χ1) is 9.81. The van der Waals surface area contributed by atoms with Crippen molar-refractivity contribution in [3.8, 4) is 11.3 Å². The second-order valence-corrected chi connectivity index (χ2v) is 4.60. The molecule has 2 heterocycles. The Morgan fingerprint density at radius 3 is 2.80 bits per heavy atom. The monoisotopic (exact) mass is 264 g/mol. The van der Waals surface area contributed by atoms with Gasteiger partial charge in [-0.2, -0.15) is 0 Å². The SMILES string of the molecule is CCNc1ncnc(-c2cccc3ncccc23)c1C. The van der Waals surface area contributed by atoms with Crippen LogP contribution in [0.15, 0.2) is 42.9 Å². The lowest BCUT2D eigenvalue weighted by Crippen LogP contribution is -2.03. The molecule has 1 aromatic carbocycles. The minimum Gasteiger partial charge on any atom is -0.370 e. The summed E-state index contributed by atoms with van der Waals surface area (Å²) in [5.41, 5.74) is 4.09. The molecular formula is C16H16N4. The Bertz CT molecular complexity index is 747. The summed E-state index contributed by atoms with van der Waals surface area (Å²) >= 11 is 0. The molecule has 0 aliphatic carbocycles. The molecule has 0 bridgehead atoms. The van der Waals surface area contributed by atoms with Crippen molar-refractivity contribution in [3.05, 3.63) is 48.4 Å². The first-order valence-corrected chi connectivity index (χ1v) is 6.71. The van der Waals surface area contributed by atoms with Crippen LogP contribution in [-0.4, -0.2) is 21.5 Å². The van der Waals surface area contributed by atoms with Gasteiger partial charge in [0, 0.05) is 29.3 Å². The Kier molecular flexibility index (Phi) is 3.29. The molecule has 0 aliphatic heterocycles. The minimum atomic E-state index is 0.842. The molecular weight excluding hydrogens is 248 g/mol. The van der Waals surface area contributed by atoms with Crippen molar-refractivity contribution in [2.75, 3.05) is 11.9 Å².